The molecule has 1 aliphatic rings. The Balaban J connectivity index is 2.08. The van der Waals surface area contributed by atoms with Crippen molar-refractivity contribution in [2.24, 2.45) is 0 Å². The molecule has 1 aliphatic heterocycles. The Kier molecular flexibility index (Phi) is 4.50. The summed E-state index contributed by atoms with van der Waals surface area (Å²) in [6.07, 6.45) is 2.77. The van der Waals surface area contributed by atoms with Crippen molar-refractivity contribution in [3.8, 4) is 5.75 Å². The lowest BCUT2D eigenvalue weighted by Crippen LogP contribution is -2.29. The van der Waals surface area contributed by atoms with E-state index in [0.717, 1.165) is 11.6 Å². The fourth-order valence-electron chi connectivity index (χ4n) is 2.84. The maximum atomic E-state index is 13.2. The van der Waals surface area contributed by atoms with Crippen LogP contribution in [0.1, 0.15) is 11.1 Å². The fraction of sp³-hybridized carbons (Fsp3) is 0.167. The highest BCUT2D eigenvalue weighted by atomic mass is 32.2. The summed E-state index contributed by atoms with van der Waals surface area (Å²) in [5.41, 5.74) is 2.05. The average Bonchev–Trinajstić information content (AvgIpc) is 3.04. The summed E-state index contributed by atoms with van der Waals surface area (Å²) in [6, 6.07) is 11.8. The van der Waals surface area contributed by atoms with Crippen LogP contribution in [-0.2, 0) is 21.2 Å². The van der Waals surface area contributed by atoms with Crippen molar-refractivity contribution >= 4 is 27.8 Å². The van der Waals surface area contributed by atoms with E-state index in [-0.39, 0.29) is 10.6 Å². The number of methoxy groups -OCH3 is 1. The van der Waals surface area contributed by atoms with Gasteiger partial charge in [-0.1, -0.05) is 30.3 Å². The normalized spacial score (nSPS) is 13.9. The number of para-hydroxylation sites is 1. The van der Waals surface area contributed by atoms with Gasteiger partial charge in [-0.15, -0.1) is 0 Å². The van der Waals surface area contributed by atoms with Gasteiger partial charge >= 0.3 is 0 Å². The molecular weight excluding hydrogens is 342 g/mol. The fourth-order valence-corrected chi connectivity index (χ4v) is 4.54. The Labute approximate surface area is 146 Å². The van der Waals surface area contributed by atoms with Gasteiger partial charge in [-0.25, -0.2) is 8.42 Å². The first-order valence-electron chi connectivity index (χ1n) is 7.61. The van der Waals surface area contributed by atoms with Crippen LogP contribution in [0.15, 0.2) is 53.4 Å². The lowest BCUT2D eigenvalue weighted by atomic mass is 10.2. The van der Waals surface area contributed by atoms with Crippen LogP contribution in [0.3, 0.4) is 0 Å². The van der Waals surface area contributed by atoms with Crippen LogP contribution in [0.5, 0.6) is 5.75 Å². The number of hydrogen-bond donors (Lipinski definition) is 0. The van der Waals surface area contributed by atoms with Crippen LogP contribution in [0.4, 0.5) is 5.69 Å². The Hall–Kier alpha value is -2.80. The Morgan fingerprint density at radius 2 is 2.00 bits per heavy atom. The van der Waals surface area contributed by atoms with Gasteiger partial charge in [-0.3, -0.25) is 4.31 Å². The second-order valence-electron chi connectivity index (χ2n) is 5.52. The van der Waals surface area contributed by atoms with Crippen LogP contribution < -0.4 is 14.1 Å². The van der Waals surface area contributed by atoms with Gasteiger partial charge in [0.1, 0.15) is 10.6 Å². The van der Waals surface area contributed by atoms with Gasteiger partial charge in [0.15, 0.2) is 0 Å². The number of carbonyl (C=O) groups excluding carboxylic acids is 1. The van der Waals surface area contributed by atoms with Gasteiger partial charge in [0.05, 0.1) is 18.8 Å². The third kappa shape index (κ3) is 3.23. The molecule has 0 N–H and O–H groups in total. The number of fused-ring (bicyclic) bond motifs is 1. The molecule has 0 radical (unpaired) electrons. The molecule has 1 heterocycles. The second-order valence-corrected chi connectivity index (χ2v) is 7.35. The van der Waals surface area contributed by atoms with Crippen molar-refractivity contribution in [3.63, 3.8) is 0 Å². The quantitative estimate of drug-likeness (QED) is 0.750. The largest absolute Gasteiger partial charge is 0.545 e. The summed E-state index contributed by atoms with van der Waals surface area (Å²) in [5, 5.41) is 10.6. The number of aliphatic carboxylic acids is 1. The predicted octanol–water partition coefficient (Wildman–Crippen LogP) is 1.21. The number of anilines is 1. The number of carboxylic acid groups (broad SMARTS) is 1. The first-order valence-corrected chi connectivity index (χ1v) is 9.05. The molecule has 0 unspecified atom stereocenters. The molecule has 0 saturated carbocycles. The van der Waals surface area contributed by atoms with Crippen molar-refractivity contribution in [1.82, 2.24) is 0 Å². The van der Waals surface area contributed by atoms with E-state index in [0.29, 0.717) is 24.2 Å². The van der Waals surface area contributed by atoms with Crippen molar-refractivity contribution in [3.05, 3.63) is 59.7 Å². The molecule has 0 spiro atoms. The monoisotopic (exact) mass is 358 g/mol. The van der Waals surface area contributed by atoms with Crippen molar-refractivity contribution in [2.45, 2.75) is 11.3 Å². The average molecular weight is 358 g/mol. The minimum absolute atomic E-state index is 0.00722. The third-order valence-electron chi connectivity index (χ3n) is 4.01. The minimum atomic E-state index is -3.84. The van der Waals surface area contributed by atoms with Gasteiger partial charge in [0.25, 0.3) is 10.0 Å². The third-order valence-corrected chi connectivity index (χ3v) is 5.85. The second kappa shape index (κ2) is 6.60. The Morgan fingerprint density at radius 1 is 1.24 bits per heavy atom. The number of carboxylic acids is 1. The topological polar surface area (TPSA) is 86.7 Å². The molecule has 0 aliphatic carbocycles. The highest BCUT2D eigenvalue weighted by molar-refractivity contribution is 7.93. The van der Waals surface area contributed by atoms with E-state index in [2.05, 4.69) is 0 Å². The summed E-state index contributed by atoms with van der Waals surface area (Å²) in [4.78, 5) is 10.6. The molecule has 25 heavy (non-hydrogen) atoms. The molecule has 0 aromatic heterocycles. The molecule has 6 nitrogen and oxygen atoms in total. The summed E-state index contributed by atoms with van der Waals surface area (Å²) in [7, 11) is -2.45. The first-order chi connectivity index (χ1) is 11.9. The van der Waals surface area contributed by atoms with Gasteiger partial charge in [0, 0.05) is 6.54 Å². The SMILES string of the molecule is COc1ccc(/C=C/C(=O)[O-])cc1S(=O)(=O)N1CCc2ccccc21. The number of nitrogens with zero attached hydrogens (tertiary/aromatic N) is 1. The van der Waals surface area contributed by atoms with E-state index in [9.17, 15) is 18.3 Å². The van der Waals surface area contributed by atoms with E-state index >= 15 is 0 Å². The van der Waals surface area contributed by atoms with Gasteiger partial charge in [0.2, 0.25) is 0 Å². The Morgan fingerprint density at radius 3 is 2.72 bits per heavy atom. The van der Waals surface area contributed by atoms with Gasteiger partial charge in [-0.05, 0) is 41.8 Å². The number of sulfonamides is 1. The van der Waals surface area contributed by atoms with Crippen molar-refractivity contribution in [1.29, 1.82) is 0 Å². The number of hydrogen-bond acceptors (Lipinski definition) is 5. The molecule has 0 saturated heterocycles. The highest BCUT2D eigenvalue weighted by Crippen LogP contribution is 2.36. The smallest absolute Gasteiger partial charge is 0.268 e. The molecule has 0 amide bonds. The maximum Gasteiger partial charge on any atom is 0.268 e. The molecule has 2 aromatic rings. The minimum Gasteiger partial charge on any atom is -0.545 e. The van der Waals surface area contributed by atoms with Gasteiger partial charge < -0.3 is 14.6 Å². The lowest BCUT2D eigenvalue weighted by Gasteiger charge is -2.21. The molecular formula is C18H16NO5S-. The number of ether oxygens (including phenoxy) is 1. The molecule has 3 rings (SSSR count). The van der Waals surface area contributed by atoms with E-state index in [4.69, 9.17) is 4.74 Å². The van der Waals surface area contributed by atoms with Crippen molar-refractivity contribution < 1.29 is 23.1 Å². The number of benzene rings is 2. The first kappa shape index (κ1) is 17.0. The van der Waals surface area contributed by atoms with Crippen LogP contribution in [0.2, 0.25) is 0 Å². The maximum absolute atomic E-state index is 13.2. The standard InChI is InChI=1S/C18H17NO5S/c1-24-16-8-6-13(7-9-18(20)21)12-17(16)25(22,23)19-11-10-14-4-2-3-5-15(14)19/h2-9,12H,10-11H2,1H3,(H,20,21)/p-1/b9-7+. The molecule has 0 fully saturated rings. The molecule has 0 atom stereocenters. The highest BCUT2D eigenvalue weighted by Gasteiger charge is 2.32. The molecule has 2 aromatic carbocycles. The van der Waals surface area contributed by atoms with E-state index in [1.54, 1.807) is 18.2 Å². The molecule has 7 heteroatoms. The van der Waals surface area contributed by atoms with Crippen molar-refractivity contribution in [2.75, 3.05) is 18.0 Å². The van der Waals surface area contributed by atoms with E-state index in [1.807, 2.05) is 12.1 Å². The van der Waals surface area contributed by atoms with Crippen LogP contribution >= 0.6 is 0 Å². The predicted molar refractivity (Wildman–Crippen MR) is 91.7 cm³/mol. The van der Waals surface area contributed by atoms with Crippen LogP contribution in [-0.4, -0.2) is 28.0 Å². The lowest BCUT2D eigenvalue weighted by molar-refractivity contribution is -0.297. The zero-order valence-electron chi connectivity index (χ0n) is 13.5. The summed E-state index contributed by atoms with van der Waals surface area (Å²) in [6.45, 7) is 0.351. The number of carbonyl (C=O) groups is 1. The van der Waals surface area contributed by atoms with Gasteiger partial charge in [-0.2, -0.15) is 0 Å². The summed E-state index contributed by atoms with van der Waals surface area (Å²) >= 11 is 0. The molecule has 130 valence electrons. The van der Waals surface area contributed by atoms with Crippen LogP contribution in [0.25, 0.3) is 6.08 Å². The summed E-state index contributed by atoms with van der Waals surface area (Å²) in [5.74, 6) is -1.15. The Bertz CT molecular complexity index is 950. The van der Waals surface area contributed by atoms with Crippen LogP contribution in [0, 0.1) is 0 Å². The zero-order chi connectivity index (χ0) is 18.0. The summed E-state index contributed by atoms with van der Waals surface area (Å²) < 4.78 is 32.9. The van der Waals surface area contributed by atoms with E-state index in [1.165, 1.54) is 29.6 Å². The molecule has 0 bridgehead atoms. The van der Waals surface area contributed by atoms with E-state index < -0.39 is 16.0 Å². The number of rotatable bonds is 5. The zero-order valence-corrected chi connectivity index (χ0v) is 14.3.